The van der Waals surface area contributed by atoms with E-state index < -0.39 is 73.4 Å². The maximum Gasteiger partial charge on any atom is 0.173 e. The first-order valence-electron chi connectivity index (χ1n) is 8.87. The van der Waals surface area contributed by atoms with Crippen molar-refractivity contribution in [3.63, 3.8) is 0 Å². The van der Waals surface area contributed by atoms with Crippen molar-refractivity contribution in [3.8, 4) is 0 Å². The van der Waals surface area contributed by atoms with Gasteiger partial charge in [0.15, 0.2) is 12.6 Å². The minimum atomic E-state index is -1.28. The fourth-order valence-corrected chi connectivity index (χ4v) is 4.00. The van der Waals surface area contributed by atoms with Gasteiger partial charge in [-0.1, -0.05) is 0 Å². The van der Waals surface area contributed by atoms with Crippen molar-refractivity contribution >= 4 is 0 Å². The third kappa shape index (κ3) is 3.62. The van der Waals surface area contributed by atoms with Crippen LogP contribution in [-0.2, 0) is 14.2 Å². The van der Waals surface area contributed by atoms with Gasteiger partial charge in [-0.2, -0.15) is 0 Å². The first kappa shape index (κ1) is 20.3. The van der Waals surface area contributed by atoms with Crippen molar-refractivity contribution in [2.24, 2.45) is 17.2 Å². The number of nitrogens with one attached hydrogen (secondary N) is 1. The molecule has 11 heteroatoms. The number of fused-ring (bicyclic) bond motifs is 1. The van der Waals surface area contributed by atoms with Gasteiger partial charge in [-0.25, -0.2) is 0 Å². The Morgan fingerprint density at radius 3 is 2.23 bits per heavy atom. The van der Waals surface area contributed by atoms with E-state index >= 15 is 0 Å². The minimum absolute atomic E-state index is 0.274. The molecule has 0 spiro atoms. The van der Waals surface area contributed by atoms with Crippen molar-refractivity contribution in [2.75, 3.05) is 7.05 Å². The van der Waals surface area contributed by atoms with Crippen molar-refractivity contribution in [2.45, 2.75) is 86.2 Å². The predicted molar refractivity (Wildman–Crippen MR) is 88.4 cm³/mol. The molecule has 0 aromatic rings. The van der Waals surface area contributed by atoms with Crippen molar-refractivity contribution in [1.29, 1.82) is 0 Å². The fourth-order valence-electron chi connectivity index (χ4n) is 4.00. The van der Waals surface area contributed by atoms with Crippen LogP contribution in [-0.4, -0.2) is 101 Å². The molecule has 2 heterocycles. The molecular formula is C15H30N4O7. The molecule has 12 atom stereocenters. The third-order valence-electron chi connectivity index (χ3n) is 5.55. The van der Waals surface area contributed by atoms with Gasteiger partial charge in [-0.3, -0.25) is 0 Å². The third-order valence-corrected chi connectivity index (χ3v) is 5.55. The Morgan fingerprint density at radius 2 is 1.58 bits per heavy atom. The van der Waals surface area contributed by atoms with Gasteiger partial charge >= 0.3 is 0 Å². The van der Waals surface area contributed by atoms with Gasteiger partial charge in [0, 0.05) is 12.1 Å². The summed E-state index contributed by atoms with van der Waals surface area (Å²) in [4.78, 5) is 0. The maximum atomic E-state index is 10.5. The summed E-state index contributed by atoms with van der Waals surface area (Å²) in [6.07, 6.45) is -7.36. The highest BCUT2D eigenvalue weighted by Gasteiger charge is 2.51. The number of hydrogen-bond acceptors (Lipinski definition) is 11. The Balaban J connectivity index is 1.69. The number of ether oxygens (including phenoxy) is 3. The molecule has 2 aliphatic heterocycles. The number of aliphatic hydroxyl groups excluding tert-OH is 4. The second-order valence-corrected chi connectivity index (χ2v) is 7.38. The number of aliphatic hydroxyl groups is 4. The summed E-state index contributed by atoms with van der Waals surface area (Å²) in [6, 6.07) is -2.60. The first-order chi connectivity index (χ1) is 12.2. The minimum Gasteiger partial charge on any atom is -0.389 e. The molecule has 11 N–H and O–H groups in total. The Hall–Kier alpha value is -0.440. The highest BCUT2D eigenvalue weighted by Crippen LogP contribution is 2.33. The van der Waals surface area contributed by atoms with E-state index in [2.05, 4.69) is 5.32 Å². The zero-order valence-electron chi connectivity index (χ0n) is 14.6. The standard InChI is InChI=1S/C15H30N4O7/c1-19-8-10(21)13-7(24-14(8)23)3-6(18)15(26-13)25-12-5(17)2-4(16)9(20)11(12)22/h4-15,19-23H,2-3,16-18H2,1H3/t4-,5?,6?,7-,8?,9?,10?,11-,12-,13+,14+,15+/m1/s1. The number of likely N-dealkylation sites (N-methyl/N-ethyl adjacent to an activating group) is 1. The lowest BCUT2D eigenvalue weighted by Gasteiger charge is -2.49. The Labute approximate surface area is 151 Å². The normalized spacial score (nSPS) is 55.4. The molecular weight excluding hydrogens is 348 g/mol. The van der Waals surface area contributed by atoms with Crippen LogP contribution in [0.1, 0.15) is 12.8 Å². The van der Waals surface area contributed by atoms with E-state index in [1.54, 1.807) is 7.05 Å². The van der Waals surface area contributed by atoms with Crippen molar-refractivity contribution in [3.05, 3.63) is 0 Å². The van der Waals surface area contributed by atoms with Gasteiger partial charge in [0.05, 0.1) is 24.3 Å². The molecule has 1 saturated carbocycles. The molecule has 3 fully saturated rings. The molecule has 11 nitrogen and oxygen atoms in total. The first-order valence-corrected chi connectivity index (χ1v) is 8.87. The van der Waals surface area contributed by atoms with Crippen LogP contribution in [0.4, 0.5) is 0 Å². The molecule has 152 valence electrons. The molecule has 0 radical (unpaired) electrons. The van der Waals surface area contributed by atoms with Crippen LogP contribution in [0.5, 0.6) is 0 Å². The monoisotopic (exact) mass is 378 g/mol. The number of hydrogen-bond donors (Lipinski definition) is 8. The van der Waals surface area contributed by atoms with Crippen LogP contribution in [0.2, 0.25) is 0 Å². The van der Waals surface area contributed by atoms with Crippen LogP contribution in [0.15, 0.2) is 0 Å². The van der Waals surface area contributed by atoms with Crippen LogP contribution in [0.25, 0.3) is 0 Å². The molecule has 5 unspecified atom stereocenters. The van der Waals surface area contributed by atoms with Crippen LogP contribution in [0, 0.1) is 0 Å². The van der Waals surface area contributed by atoms with Gasteiger partial charge in [-0.15, -0.1) is 0 Å². The summed E-state index contributed by atoms with van der Waals surface area (Å²) in [7, 11) is 1.59. The summed E-state index contributed by atoms with van der Waals surface area (Å²) in [6.45, 7) is 0. The molecule has 0 aromatic carbocycles. The lowest BCUT2D eigenvalue weighted by molar-refractivity contribution is -0.328. The quantitative estimate of drug-likeness (QED) is 0.234. The maximum absolute atomic E-state index is 10.5. The average Bonchev–Trinajstić information content (AvgIpc) is 2.58. The molecule has 2 saturated heterocycles. The van der Waals surface area contributed by atoms with E-state index in [0.717, 1.165) is 0 Å². The molecule has 3 rings (SSSR count). The van der Waals surface area contributed by atoms with E-state index in [4.69, 9.17) is 31.4 Å². The van der Waals surface area contributed by atoms with Gasteiger partial charge in [0.25, 0.3) is 0 Å². The van der Waals surface area contributed by atoms with E-state index in [9.17, 15) is 20.4 Å². The van der Waals surface area contributed by atoms with E-state index in [1.807, 2.05) is 0 Å². The number of rotatable bonds is 3. The van der Waals surface area contributed by atoms with E-state index in [1.165, 1.54) is 0 Å². The smallest absolute Gasteiger partial charge is 0.173 e. The largest absolute Gasteiger partial charge is 0.389 e. The summed E-state index contributed by atoms with van der Waals surface area (Å²) >= 11 is 0. The van der Waals surface area contributed by atoms with Gasteiger partial charge < -0.3 is 57.2 Å². The molecule has 1 aliphatic carbocycles. The lowest BCUT2D eigenvalue weighted by Crippen LogP contribution is -2.68. The second kappa shape index (κ2) is 7.89. The Morgan fingerprint density at radius 1 is 0.885 bits per heavy atom. The van der Waals surface area contributed by atoms with Crippen LogP contribution in [0.3, 0.4) is 0 Å². The SMILES string of the molecule is CNC1C(O)[C@H]2O[C@H](O[C@@H]3C(N)C[C@@H](N)C(O)[C@H]3O)C(N)C[C@H]2O[C@@H]1O. The molecule has 0 aromatic heterocycles. The molecule has 0 amide bonds. The number of nitrogens with two attached hydrogens (primary N) is 3. The van der Waals surface area contributed by atoms with Crippen molar-refractivity contribution in [1.82, 2.24) is 5.32 Å². The van der Waals surface area contributed by atoms with Crippen LogP contribution >= 0.6 is 0 Å². The molecule has 3 aliphatic rings. The Kier molecular flexibility index (Phi) is 6.16. The van der Waals surface area contributed by atoms with Gasteiger partial charge in [0.1, 0.15) is 24.4 Å². The summed E-state index contributed by atoms with van der Waals surface area (Å²) in [5.74, 6) is 0. The summed E-state index contributed by atoms with van der Waals surface area (Å²) in [5.41, 5.74) is 17.9. The molecule has 0 bridgehead atoms. The highest BCUT2D eigenvalue weighted by molar-refractivity contribution is 5.00. The van der Waals surface area contributed by atoms with E-state index in [-0.39, 0.29) is 12.8 Å². The van der Waals surface area contributed by atoms with Gasteiger partial charge in [-0.05, 0) is 19.9 Å². The van der Waals surface area contributed by atoms with Gasteiger partial charge in [0.2, 0.25) is 0 Å². The lowest BCUT2D eigenvalue weighted by atomic mass is 9.84. The second-order valence-electron chi connectivity index (χ2n) is 7.38. The predicted octanol–water partition coefficient (Wildman–Crippen LogP) is -4.74. The highest BCUT2D eigenvalue weighted by atomic mass is 16.7. The fraction of sp³-hybridized carbons (Fsp3) is 1.00. The average molecular weight is 378 g/mol. The van der Waals surface area contributed by atoms with E-state index in [0.29, 0.717) is 0 Å². The van der Waals surface area contributed by atoms with Crippen LogP contribution < -0.4 is 22.5 Å². The topological polar surface area (TPSA) is 199 Å². The van der Waals surface area contributed by atoms with Crippen molar-refractivity contribution < 1.29 is 34.6 Å². The zero-order chi connectivity index (χ0) is 19.2. The summed E-state index contributed by atoms with van der Waals surface area (Å²) in [5, 5.41) is 43.4. The Bertz CT molecular complexity index is 487. The summed E-state index contributed by atoms with van der Waals surface area (Å²) < 4.78 is 17.1. The molecule has 26 heavy (non-hydrogen) atoms. The zero-order valence-corrected chi connectivity index (χ0v) is 14.6.